The third-order valence-corrected chi connectivity index (χ3v) is 2.11. The normalized spacial score (nSPS) is 22.6. The molecule has 0 radical (unpaired) electrons. The van der Waals surface area contributed by atoms with Gasteiger partial charge in [0.1, 0.15) is 6.17 Å². The van der Waals surface area contributed by atoms with Gasteiger partial charge in [0.05, 0.1) is 6.34 Å². The van der Waals surface area contributed by atoms with E-state index in [1.807, 2.05) is 0 Å². The molecule has 0 aromatic rings. The number of carbonyl (C=O) groups is 1. The molecule has 4 N–H and O–H groups in total. The summed E-state index contributed by atoms with van der Waals surface area (Å²) in [6.07, 6.45) is 0.789. The largest absolute Gasteiger partial charge is 0.319 e. The van der Waals surface area contributed by atoms with E-state index in [2.05, 4.69) is 5.32 Å². The maximum absolute atomic E-state index is 11.2. The standard InChI is InChI=1S/C7H15N5O/c1-6(13)11-3-2-10-4-7(11)12(9)5-8/h5,7-8,10H,2-4,9H2,1H3. The zero-order valence-corrected chi connectivity index (χ0v) is 7.66. The highest BCUT2D eigenvalue weighted by Crippen LogP contribution is 2.04. The van der Waals surface area contributed by atoms with E-state index in [0.29, 0.717) is 13.1 Å². The van der Waals surface area contributed by atoms with Crippen LogP contribution in [0.1, 0.15) is 6.92 Å². The van der Waals surface area contributed by atoms with Crippen LogP contribution in [0, 0.1) is 5.41 Å². The predicted molar refractivity (Wildman–Crippen MR) is 48.9 cm³/mol. The topological polar surface area (TPSA) is 85.5 Å². The Kier molecular flexibility index (Phi) is 3.21. The van der Waals surface area contributed by atoms with Crippen LogP contribution in [0.2, 0.25) is 0 Å². The minimum absolute atomic E-state index is 0.0104. The molecule has 1 rings (SSSR count). The molecule has 13 heavy (non-hydrogen) atoms. The van der Waals surface area contributed by atoms with Crippen LogP contribution < -0.4 is 11.2 Å². The molecular weight excluding hydrogens is 170 g/mol. The average Bonchev–Trinajstić information content (AvgIpc) is 2.16. The summed E-state index contributed by atoms with van der Waals surface area (Å²) in [5, 5.41) is 11.3. The summed E-state index contributed by atoms with van der Waals surface area (Å²) < 4.78 is 0. The van der Waals surface area contributed by atoms with Gasteiger partial charge in [-0.25, -0.2) is 5.84 Å². The zero-order valence-electron chi connectivity index (χ0n) is 7.66. The summed E-state index contributed by atoms with van der Waals surface area (Å²) in [7, 11) is 0. The number of nitrogens with zero attached hydrogens (tertiary/aromatic N) is 2. The minimum Gasteiger partial charge on any atom is -0.319 e. The van der Waals surface area contributed by atoms with Crippen LogP contribution in [-0.4, -0.2) is 48.0 Å². The van der Waals surface area contributed by atoms with Crippen molar-refractivity contribution < 1.29 is 4.79 Å². The van der Waals surface area contributed by atoms with Crippen molar-refractivity contribution in [1.82, 2.24) is 15.2 Å². The van der Waals surface area contributed by atoms with E-state index in [1.54, 1.807) is 4.90 Å². The fourth-order valence-electron chi connectivity index (χ4n) is 1.41. The molecule has 6 heteroatoms. The molecule has 1 unspecified atom stereocenters. The molecular formula is C7H15N5O. The second-order valence-electron chi connectivity index (χ2n) is 2.97. The van der Waals surface area contributed by atoms with Crippen molar-refractivity contribution in [3.63, 3.8) is 0 Å². The lowest BCUT2D eigenvalue weighted by atomic mass is 10.3. The molecule has 0 bridgehead atoms. The monoisotopic (exact) mass is 185 g/mol. The van der Waals surface area contributed by atoms with Crippen molar-refractivity contribution in [2.24, 2.45) is 5.84 Å². The summed E-state index contributed by atoms with van der Waals surface area (Å²) in [5.41, 5.74) is 0. The van der Waals surface area contributed by atoms with Crippen LogP contribution in [0.15, 0.2) is 0 Å². The van der Waals surface area contributed by atoms with E-state index in [-0.39, 0.29) is 12.1 Å². The van der Waals surface area contributed by atoms with Crippen LogP contribution >= 0.6 is 0 Å². The molecule has 0 aliphatic carbocycles. The quantitative estimate of drug-likeness (QED) is 0.212. The van der Waals surface area contributed by atoms with Gasteiger partial charge in [0.15, 0.2) is 0 Å². The summed E-state index contributed by atoms with van der Waals surface area (Å²) in [6, 6.07) is 0. The van der Waals surface area contributed by atoms with Gasteiger partial charge >= 0.3 is 0 Å². The van der Waals surface area contributed by atoms with Gasteiger partial charge in [-0.3, -0.25) is 15.2 Å². The Bertz CT molecular complexity index is 207. The van der Waals surface area contributed by atoms with Crippen molar-refractivity contribution >= 4 is 12.2 Å². The van der Waals surface area contributed by atoms with Crippen molar-refractivity contribution in [1.29, 1.82) is 5.41 Å². The predicted octanol–water partition coefficient (Wildman–Crippen LogP) is -1.45. The number of hydrogen-bond donors (Lipinski definition) is 3. The zero-order chi connectivity index (χ0) is 9.84. The summed E-state index contributed by atoms with van der Waals surface area (Å²) in [5.74, 6) is 5.52. The maximum Gasteiger partial charge on any atom is 0.221 e. The average molecular weight is 185 g/mol. The summed E-state index contributed by atoms with van der Waals surface area (Å²) >= 11 is 0. The van der Waals surface area contributed by atoms with Gasteiger partial charge in [0.25, 0.3) is 0 Å². The third kappa shape index (κ3) is 2.16. The summed E-state index contributed by atoms with van der Waals surface area (Å²) in [4.78, 5) is 12.8. The Balaban J connectivity index is 2.66. The Labute approximate surface area is 77.1 Å². The first-order chi connectivity index (χ1) is 6.16. The van der Waals surface area contributed by atoms with E-state index in [4.69, 9.17) is 11.3 Å². The first-order valence-electron chi connectivity index (χ1n) is 4.18. The Morgan fingerprint density at radius 1 is 1.85 bits per heavy atom. The fourth-order valence-corrected chi connectivity index (χ4v) is 1.41. The molecule has 1 saturated heterocycles. The van der Waals surface area contributed by atoms with E-state index < -0.39 is 0 Å². The van der Waals surface area contributed by atoms with E-state index in [9.17, 15) is 4.79 Å². The van der Waals surface area contributed by atoms with Crippen LogP contribution in [0.5, 0.6) is 0 Å². The van der Waals surface area contributed by atoms with Gasteiger partial charge in [-0.05, 0) is 0 Å². The van der Waals surface area contributed by atoms with Gasteiger partial charge in [0.2, 0.25) is 5.91 Å². The second-order valence-corrected chi connectivity index (χ2v) is 2.97. The Morgan fingerprint density at radius 2 is 2.54 bits per heavy atom. The number of nitrogens with one attached hydrogen (secondary N) is 2. The van der Waals surface area contributed by atoms with Crippen LogP contribution in [0.3, 0.4) is 0 Å². The minimum atomic E-state index is -0.233. The first-order valence-corrected chi connectivity index (χ1v) is 4.18. The van der Waals surface area contributed by atoms with Gasteiger partial charge in [-0.2, -0.15) is 0 Å². The maximum atomic E-state index is 11.2. The number of hydrazine groups is 1. The molecule has 6 nitrogen and oxygen atoms in total. The van der Waals surface area contributed by atoms with Crippen molar-refractivity contribution in [2.45, 2.75) is 13.1 Å². The van der Waals surface area contributed by atoms with Crippen molar-refractivity contribution in [3.05, 3.63) is 0 Å². The molecule has 1 aliphatic rings. The highest BCUT2D eigenvalue weighted by atomic mass is 16.2. The number of nitrogens with two attached hydrogens (primary N) is 1. The fraction of sp³-hybridized carbons (Fsp3) is 0.714. The van der Waals surface area contributed by atoms with E-state index in [1.165, 1.54) is 11.9 Å². The number of carbonyl (C=O) groups excluding carboxylic acids is 1. The lowest BCUT2D eigenvalue weighted by Crippen LogP contribution is -2.61. The summed E-state index contributed by atoms with van der Waals surface area (Å²) in [6.45, 7) is 3.53. The Morgan fingerprint density at radius 3 is 3.08 bits per heavy atom. The molecule has 1 aliphatic heterocycles. The van der Waals surface area contributed by atoms with E-state index >= 15 is 0 Å². The SMILES string of the molecule is CC(=O)N1CCNCC1N(N)C=N. The highest BCUT2D eigenvalue weighted by Gasteiger charge is 2.26. The number of rotatable bonds is 2. The number of hydrogen-bond acceptors (Lipinski definition) is 4. The smallest absolute Gasteiger partial charge is 0.221 e. The first kappa shape index (κ1) is 9.94. The van der Waals surface area contributed by atoms with Crippen LogP contribution in [0.25, 0.3) is 0 Å². The van der Waals surface area contributed by atoms with Gasteiger partial charge in [-0.15, -0.1) is 0 Å². The molecule has 1 heterocycles. The molecule has 1 fully saturated rings. The molecule has 0 saturated carbocycles. The molecule has 1 amide bonds. The second kappa shape index (κ2) is 4.20. The number of piperazine rings is 1. The van der Waals surface area contributed by atoms with Crippen molar-refractivity contribution in [2.75, 3.05) is 19.6 Å². The molecule has 1 atom stereocenters. The van der Waals surface area contributed by atoms with Crippen LogP contribution in [-0.2, 0) is 4.79 Å². The Hall–Kier alpha value is -1.14. The van der Waals surface area contributed by atoms with Gasteiger partial charge in [-0.1, -0.05) is 0 Å². The lowest BCUT2D eigenvalue weighted by molar-refractivity contribution is -0.135. The number of amides is 1. The molecule has 74 valence electrons. The third-order valence-electron chi connectivity index (χ3n) is 2.11. The van der Waals surface area contributed by atoms with Crippen molar-refractivity contribution in [3.8, 4) is 0 Å². The van der Waals surface area contributed by atoms with Gasteiger partial charge in [0, 0.05) is 26.6 Å². The van der Waals surface area contributed by atoms with E-state index in [0.717, 1.165) is 12.9 Å². The molecule has 0 aromatic carbocycles. The highest BCUT2D eigenvalue weighted by molar-refractivity contribution is 5.74. The van der Waals surface area contributed by atoms with Gasteiger partial charge < -0.3 is 10.2 Å². The lowest BCUT2D eigenvalue weighted by Gasteiger charge is -2.39. The van der Waals surface area contributed by atoms with Crippen LogP contribution in [0.4, 0.5) is 0 Å². The molecule has 0 spiro atoms. The molecule has 0 aromatic heterocycles.